The first-order chi connectivity index (χ1) is 6.40. The molecule has 2 fully saturated rings. The molecule has 0 heterocycles. The van der Waals surface area contributed by atoms with Gasteiger partial charge in [-0.15, -0.1) is 6.58 Å². The van der Waals surface area contributed by atoms with E-state index in [9.17, 15) is 0 Å². The lowest BCUT2D eigenvalue weighted by Crippen LogP contribution is -2.09. The molecule has 2 rings (SSSR count). The van der Waals surface area contributed by atoms with Gasteiger partial charge in [0.25, 0.3) is 0 Å². The van der Waals surface area contributed by atoms with Crippen molar-refractivity contribution in [2.75, 3.05) is 0 Å². The summed E-state index contributed by atoms with van der Waals surface area (Å²) in [6.07, 6.45) is 13.9. The van der Waals surface area contributed by atoms with Crippen LogP contribution in [0.3, 0.4) is 0 Å². The third-order valence-electron chi connectivity index (χ3n) is 4.12. The van der Waals surface area contributed by atoms with Crippen molar-refractivity contribution in [2.45, 2.75) is 51.4 Å². The number of hydrogen-bond acceptors (Lipinski definition) is 0. The van der Waals surface area contributed by atoms with Crippen molar-refractivity contribution in [3.8, 4) is 0 Å². The minimum absolute atomic E-state index is 1.11. The summed E-state index contributed by atoms with van der Waals surface area (Å²) >= 11 is 0. The Bertz CT molecular complexity index is 171. The van der Waals surface area contributed by atoms with Crippen LogP contribution in [0, 0.1) is 17.8 Å². The van der Waals surface area contributed by atoms with Gasteiger partial charge in [-0.25, -0.2) is 0 Å². The zero-order chi connectivity index (χ0) is 9.10. The van der Waals surface area contributed by atoms with Gasteiger partial charge in [0.15, 0.2) is 0 Å². The average molecular weight is 178 g/mol. The quantitative estimate of drug-likeness (QED) is 0.438. The highest BCUT2D eigenvalue weighted by Gasteiger charge is 2.38. The Labute approximate surface area is 82.4 Å². The third-order valence-corrected chi connectivity index (χ3v) is 4.12. The molecule has 3 atom stereocenters. The van der Waals surface area contributed by atoms with Crippen LogP contribution >= 0.6 is 0 Å². The first-order valence-corrected chi connectivity index (χ1v) is 6.01. The van der Waals surface area contributed by atoms with Gasteiger partial charge in [0.1, 0.15) is 0 Å². The molecule has 74 valence electrons. The molecule has 0 radical (unpaired) electrons. The highest BCUT2D eigenvalue weighted by atomic mass is 14.4. The van der Waals surface area contributed by atoms with Crippen molar-refractivity contribution in [3.05, 3.63) is 12.7 Å². The number of rotatable bonds is 5. The van der Waals surface area contributed by atoms with Crippen LogP contribution in [0.5, 0.6) is 0 Å². The topological polar surface area (TPSA) is 0 Å². The zero-order valence-corrected chi connectivity index (χ0v) is 8.67. The Kier molecular flexibility index (Phi) is 3.08. The van der Waals surface area contributed by atoms with E-state index in [2.05, 4.69) is 12.7 Å². The summed E-state index contributed by atoms with van der Waals surface area (Å²) in [5, 5.41) is 0. The van der Waals surface area contributed by atoms with Gasteiger partial charge >= 0.3 is 0 Å². The van der Waals surface area contributed by atoms with E-state index in [4.69, 9.17) is 0 Å². The maximum Gasteiger partial charge on any atom is -0.0353 e. The number of hydrogen-bond donors (Lipinski definition) is 0. The molecule has 0 N–H and O–H groups in total. The van der Waals surface area contributed by atoms with Crippen LogP contribution in [-0.2, 0) is 0 Å². The Balaban J connectivity index is 1.63. The van der Waals surface area contributed by atoms with Gasteiger partial charge in [0, 0.05) is 0 Å². The average Bonchev–Trinajstić information content (AvgIpc) is 2.73. The minimum Gasteiger partial charge on any atom is -0.103 e. The predicted octanol–water partition coefficient (Wildman–Crippen LogP) is 4.17. The maximum atomic E-state index is 3.77. The van der Waals surface area contributed by atoms with E-state index in [1.165, 1.54) is 25.7 Å². The van der Waals surface area contributed by atoms with Crippen molar-refractivity contribution in [2.24, 2.45) is 17.8 Å². The lowest BCUT2D eigenvalue weighted by Gasteiger charge is -2.21. The lowest BCUT2D eigenvalue weighted by molar-refractivity contribution is 0.306. The SMILES string of the molecule is C=CCCCCC1CC2CCC1C2. The number of allylic oxidation sites excluding steroid dienone is 1. The monoisotopic (exact) mass is 178 g/mol. The van der Waals surface area contributed by atoms with Crippen molar-refractivity contribution >= 4 is 0 Å². The fraction of sp³-hybridized carbons (Fsp3) is 0.846. The largest absolute Gasteiger partial charge is 0.103 e. The van der Waals surface area contributed by atoms with Crippen LogP contribution in [0.1, 0.15) is 51.4 Å². The smallest absolute Gasteiger partial charge is 0.0353 e. The fourth-order valence-electron chi connectivity index (χ4n) is 3.43. The molecule has 2 aliphatic carbocycles. The first kappa shape index (κ1) is 9.30. The van der Waals surface area contributed by atoms with Gasteiger partial charge in [0.05, 0.1) is 0 Å². The molecule has 0 aromatic carbocycles. The van der Waals surface area contributed by atoms with E-state index in [1.54, 1.807) is 25.7 Å². The van der Waals surface area contributed by atoms with E-state index < -0.39 is 0 Å². The van der Waals surface area contributed by atoms with Crippen LogP contribution < -0.4 is 0 Å². The van der Waals surface area contributed by atoms with Crippen molar-refractivity contribution in [1.29, 1.82) is 0 Å². The molecule has 3 unspecified atom stereocenters. The second kappa shape index (κ2) is 4.30. The Morgan fingerprint density at radius 3 is 2.69 bits per heavy atom. The van der Waals surface area contributed by atoms with Crippen molar-refractivity contribution in [3.63, 3.8) is 0 Å². The van der Waals surface area contributed by atoms with Gasteiger partial charge in [-0.3, -0.25) is 0 Å². The lowest BCUT2D eigenvalue weighted by atomic mass is 9.85. The highest BCUT2D eigenvalue weighted by molar-refractivity contribution is 4.89. The van der Waals surface area contributed by atoms with Gasteiger partial charge in [-0.2, -0.15) is 0 Å². The molecule has 0 nitrogen and oxygen atoms in total. The summed E-state index contributed by atoms with van der Waals surface area (Å²) in [6, 6.07) is 0. The first-order valence-electron chi connectivity index (χ1n) is 6.01. The molecule has 2 saturated carbocycles. The van der Waals surface area contributed by atoms with Gasteiger partial charge in [0.2, 0.25) is 0 Å². The van der Waals surface area contributed by atoms with Gasteiger partial charge in [-0.05, 0) is 49.9 Å². The Hall–Kier alpha value is -0.260. The maximum absolute atomic E-state index is 3.77. The summed E-state index contributed by atoms with van der Waals surface area (Å²) < 4.78 is 0. The van der Waals surface area contributed by atoms with E-state index in [0.29, 0.717) is 0 Å². The van der Waals surface area contributed by atoms with E-state index in [1.807, 2.05) is 0 Å². The molecule has 0 spiro atoms. The van der Waals surface area contributed by atoms with Crippen molar-refractivity contribution < 1.29 is 0 Å². The van der Waals surface area contributed by atoms with Gasteiger partial charge < -0.3 is 0 Å². The summed E-state index contributed by atoms with van der Waals surface area (Å²) in [4.78, 5) is 0. The van der Waals surface area contributed by atoms with Crippen LogP contribution in [-0.4, -0.2) is 0 Å². The second-order valence-corrected chi connectivity index (χ2v) is 5.01. The fourth-order valence-corrected chi connectivity index (χ4v) is 3.43. The summed E-state index contributed by atoms with van der Waals surface area (Å²) in [5.41, 5.74) is 0. The van der Waals surface area contributed by atoms with E-state index in [-0.39, 0.29) is 0 Å². The van der Waals surface area contributed by atoms with Crippen LogP contribution in [0.25, 0.3) is 0 Å². The minimum atomic E-state index is 1.11. The summed E-state index contributed by atoms with van der Waals surface area (Å²) in [5.74, 6) is 3.38. The van der Waals surface area contributed by atoms with Crippen LogP contribution in [0.15, 0.2) is 12.7 Å². The van der Waals surface area contributed by atoms with E-state index >= 15 is 0 Å². The Morgan fingerprint density at radius 2 is 2.08 bits per heavy atom. The summed E-state index contributed by atoms with van der Waals surface area (Å²) in [7, 11) is 0. The normalized spacial score (nSPS) is 36.8. The molecule has 0 amide bonds. The predicted molar refractivity (Wildman–Crippen MR) is 57.6 cm³/mol. The molecule has 2 aliphatic rings. The molecule has 0 heteroatoms. The molecule has 0 aromatic heterocycles. The summed E-state index contributed by atoms with van der Waals surface area (Å²) in [6.45, 7) is 3.77. The standard InChI is InChI=1S/C13H22/c1-2-3-4-5-6-12-9-11-7-8-13(12)10-11/h2,11-13H,1,3-10H2. The Morgan fingerprint density at radius 1 is 1.15 bits per heavy atom. The molecule has 13 heavy (non-hydrogen) atoms. The third kappa shape index (κ3) is 2.15. The molecular weight excluding hydrogens is 156 g/mol. The molecule has 0 aliphatic heterocycles. The van der Waals surface area contributed by atoms with Crippen molar-refractivity contribution in [1.82, 2.24) is 0 Å². The van der Waals surface area contributed by atoms with E-state index in [0.717, 1.165) is 17.8 Å². The number of unbranched alkanes of at least 4 members (excludes halogenated alkanes) is 2. The molecular formula is C13H22. The zero-order valence-electron chi connectivity index (χ0n) is 8.67. The van der Waals surface area contributed by atoms with Crippen LogP contribution in [0.4, 0.5) is 0 Å². The molecule has 0 saturated heterocycles. The van der Waals surface area contributed by atoms with Crippen LogP contribution in [0.2, 0.25) is 0 Å². The van der Waals surface area contributed by atoms with Gasteiger partial charge in [-0.1, -0.05) is 25.3 Å². The number of fused-ring (bicyclic) bond motifs is 2. The molecule has 2 bridgehead atoms. The second-order valence-electron chi connectivity index (χ2n) is 5.01. The molecule has 0 aromatic rings. The highest BCUT2D eigenvalue weighted by Crippen LogP contribution is 2.49.